The quantitative estimate of drug-likeness (QED) is 0.507. The molecule has 120 valence electrons. The zero-order chi connectivity index (χ0) is 16.2. The Morgan fingerprint density at radius 2 is 2.13 bits per heavy atom. The van der Waals surface area contributed by atoms with Crippen LogP contribution in [0.4, 0.5) is 0 Å². The van der Waals surface area contributed by atoms with Crippen LogP contribution in [0.3, 0.4) is 0 Å². The van der Waals surface area contributed by atoms with E-state index in [4.69, 9.17) is 4.74 Å². The number of imidazole rings is 1. The normalized spacial score (nSPS) is 11.0. The van der Waals surface area contributed by atoms with E-state index in [2.05, 4.69) is 15.2 Å². The molecule has 0 aliphatic carbocycles. The summed E-state index contributed by atoms with van der Waals surface area (Å²) in [7, 11) is 1.89. The average Bonchev–Trinajstić information content (AvgIpc) is 3.11. The summed E-state index contributed by atoms with van der Waals surface area (Å²) in [6, 6.07) is 7.95. The van der Waals surface area contributed by atoms with Crippen molar-refractivity contribution in [2.75, 3.05) is 12.4 Å². The lowest BCUT2D eigenvalue weighted by Gasteiger charge is -2.05. The summed E-state index contributed by atoms with van der Waals surface area (Å²) in [6.07, 6.45) is 1.80. The molecule has 0 unspecified atom stereocenters. The van der Waals surface area contributed by atoms with E-state index in [-0.39, 0.29) is 11.7 Å². The van der Waals surface area contributed by atoms with Crippen molar-refractivity contribution < 1.29 is 9.53 Å². The highest BCUT2D eigenvalue weighted by Crippen LogP contribution is 2.18. The summed E-state index contributed by atoms with van der Waals surface area (Å²) >= 11 is 1.32. The van der Waals surface area contributed by atoms with Gasteiger partial charge in [-0.1, -0.05) is 23.9 Å². The number of esters is 1. The van der Waals surface area contributed by atoms with Crippen LogP contribution in [0.5, 0.6) is 0 Å². The summed E-state index contributed by atoms with van der Waals surface area (Å²) in [5.74, 6) is 0.788. The maximum Gasteiger partial charge on any atom is 0.316 e. The fourth-order valence-corrected chi connectivity index (χ4v) is 2.95. The van der Waals surface area contributed by atoms with Crippen molar-refractivity contribution in [3.05, 3.63) is 36.4 Å². The van der Waals surface area contributed by atoms with E-state index in [9.17, 15) is 4.79 Å². The predicted molar refractivity (Wildman–Crippen MR) is 87.2 cm³/mol. The number of carbonyl (C=O) groups is 1. The van der Waals surface area contributed by atoms with Gasteiger partial charge in [-0.15, -0.1) is 10.2 Å². The minimum Gasteiger partial charge on any atom is -0.465 e. The minimum absolute atomic E-state index is 0.230. The zero-order valence-electron chi connectivity index (χ0n) is 13.0. The van der Waals surface area contributed by atoms with E-state index in [1.165, 1.54) is 11.8 Å². The van der Waals surface area contributed by atoms with Gasteiger partial charge in [0.05, 0.1) is 36.3 Å². The SMILES string of the molecule is CCOC(=O)CSc1nnc(Cn2cnc3ccccc32)n1C. The highest BCUT2D eigenvalue weighted by molar-refractivity contribution is 7.99. The van der Waals surface area contributed by atoms with Gasteiger partial charge in [0.25, 0.3) is 0 Å². The third-order valence-corrected chi connectivity index (χ3v) is 4.38. The van der Waals surface area contributed by atoms with Gasteiger partial charge in [0, 0.05) is 7.05 Å². The molecule has 0 saturated heterocycles. The highest BCUT2D eigenvalue weighted by atomic mass is 32.2. The summed E-state index contributed by atoms with van der Waals surface area (Å²) in [5.41, 5.74) is 2.00. The number of hydrogen-bond acceptors (Lipinski definition) is 6. The Balaban J connectivity index is 1.73. The molecule has 0 amide bonds. The van der Waals surface area contributed by atoms with Gasteiger partial charge in [-0.05, 0) is 19.1 Å². The van der Waals surface area contributed by atoms with Crippen molar-refractivity contribution in [2.45, 2.75) is 18.6 Å². The molecule has 0 bridgehead atoms. The molecule has 1 aromatic carbocycles. The number of hydrogen-bond donors (Lipinski definition) is 0. The van der Waals surface area contributed by atoms with Gasteiger partial charge < -0.3 is 13.9 Å². The van der Waals surface area contributed by atoms with Crippen molar-refractivity contribution in [1.29, 1.82) is 0 Å². The third-order valence-electron chi connectivity index (χ3n) is 3.39. The number of ether oxygens (including phenoxy) is 1. The number of carbonyl (C=O) groups excluding carboxylic acids is 1. The molecule has 0 aliphatic rings. The molecule has 3 rings (SSSR count). The lowest BCUT2D eigenvalue weighted by atomic mass is 10.3. The van der Waals surface area contributed by atoms with Gasteiger partial charge in [-0.25, -0.2) is 4.98 Å². The fraction of sp³-hybridized carbons (Fsp3) is 0.333. The molecule has 0 N–H and O–H groups in total. The first kappa shape index (κ1) is 15.5. The molecule has 7 nitrogen and oxygen atoms in total. The van der Waals surface area contributed by atoms with Crippen molar-refractivity contribution in [3.63, 3.8) is 0 Å². The summed E-state index contributed by atoms with van der Waals surface area (Å²) < 4.78 is 8.83. The standard InChI is InChI=1S/C15H17N5O2S/c1-3-22-14(21)9-23-15-18-17-13(19(15)2)8-20-10-16-11-6-4-5-7-12(11)20/h4-7,10H,3,8-9H2,1-2H3. The number of nitrogens with zero attached hydrogens (tertiary/aromatic N) is 5. The molecule has 0 radical (unpaired) electrons. The van der Waals surface area contributed by atoms with E-state index in [1.54, 1.807) is 13.3 Å². The fourth-order valence-electron chi connectivity index (χ4n) is 2.22. The van der Waals surface area contributed by atoms with Crippen LogP contribution in [-0.2, 0) is 23.1 Å². The predicted octanol–water partition coefficient (Wildman–Crippen LogP) is 1.87. The second kappa shape index (κ2) is 6.82. The molecule has 0 saturated carbocycles. The van der Waals surface area contributed by atoms with E-state index >= 15 is 0 Å². The van der Waals surface area contributed by atoms with E-state index in [0.29, 0.717) is 18.3 Å². The van der Waals surface area contributed by atoms with Crippen LogP contribution in [0, 0.1) is 0 Å². The molecular weight excluding hydrogens is 314 g/mol. The topological polar surface area (TPSA) is 74.8 Å². The Kier molecular flexibility index (Phi) is 4.61. The van der Waals surface area contributed by atoms with Crippen molar-refractivity contribution >= 4 is 28.8 Å². The molecular formula is C15H17N5O2S. The van der Waals surface area contributed by atoms with Gasteiger partial charge in [-0.3, -0.25) is 4.79 Å². The molecule has 0 spiro atoms. The Labute approximate surface area is 137 Å². The number of aromatic nitrogens is 5. The van der Waals surface area contributed by atoms with Crippen molar-refractivity contribution in [3.8, 4) is 0 Å². The van der Waals surface area contributed by atoms with Gasteiger partial charge in [-0.2, -0.15) is 0 Å². The van der Waals surface area contributed by atoms with Crippen LogP contribution in [0.15, 0.2) is 35.7 Å². The molecule has 2 heterocycles. The summed E-state index contributed by atoms with van der Waals surface area (Å²) in [6.45, 7) is 2.75. The summed E-state index contributed by atoms with van der Waals surface area (Å²) in [4.78, 5) is 15.8. The maximum absolute atomic E-state index is 11.4. The maximum atomic E-state index is 11.4. The second-order valence-corrected chi connectivity index (χ2v) is 5.86. The molecule has 8 heteroatoms. The number of fused-ring (bicyclic) bond motifs is 1. The first-order valence-corrected chi connectivity index (χ1v) is 8.24. The molecule has 0 aliphatic heterocycles. The van der Waals surface area contributed by atoms with Crippen LogP contribution in [0.1, 0.15) is 12.7 Å². The van der Waals surface area contributed by atoms with Gasteiger partial charge >= 0.3 is 5.97 Å². The van der Waals surface area contributed by atoms with Gasteiger partial charge in [0.1, 0.15) is 0 Å². The smallest absolute Gasteiger partial charge is 0.316 e. The van der Waals surface area contributed by atoms with Crippen LogP contribution in [-0.4, -0.2) is 42.6 Å². The minimum atomic E-state index is -0.248. The van der Waals surface area contributed by atoms with Gasteiger partial charge in [0.2, 0.25) is 0 Å². The third kappa shape index (κ3) is 3.37. The second-order valence-electron chi connectivity index (χ2n) is 4.91. The first-order valence-electron chi connectivity index (χ1n) is 7.25. The Bertz CT molecular complexity index is 826. The Morgan fingerprint density at radius 3 is 2.96 bits per heavy atom. The van der Waals surface area contributed by atoms with E-state index < -0.39 is 0 Å². The average molecular weight is 331 g/mol. The van der Waals surface area contributed by atoms with Crippen LogP contribution >= 0.6 is 11.8 Å². The van der Waals surface area contributed by atoms with Crippen LogP contribution in [0.25, 0.3) is 11.0 Å². The van der Waals surface area contributed by atoms with Gasteiger partial charge in [0.15, 0.2) is 11.0 Å². The number of thioether (sulfide) groups is 1. The summed E-state index contributed by atoms with van der Waals surface area (Å²) in [5, 5.41) is 9.05. The number of benzene rings is 1. The van der Waals surface area contributed by atoms with E-state index in [0.717, 1.165) is 16.9 Å². The molecule has 0 atom stereocenters. The van der Waals surface area contributed by atoms with Crippen LogP contribution in [0.2, 0.25) is 0 Å². The lowest BCUT2D eigenvalue weighted by Crippen LogP contribution is -2.08. The molecule has 23 heavy (non-hydrogen) atoms. The molecule has 2 aromatic heterocycles. The highest BCUT2D eigenvalue weighted by Gasteiger charge is 2.13. The van der Waals surface area contributed by atoms with Crippen molar-refractivity contribution in [1.82, 2.24) is 24.3 Å². The lowest BCUT2D eigenvalue weighted by molar-refractivity contribution is -0.139. The zero-order valence-corrected chi connectivity index (χ0v) is 13.8. The van der Waals surface area contributed by atoms with E-state index in [1.807, 2.05) is 40.4 Å². The Hall–Kier alpha value is -2.35. The number of para-hydroxylation sites is 2. The van der Waals surface area contributed by atoms with Crippen molar-refractivity contribution in [2.24, 2.45) is 7.05 Å². The monoisotopic (exact) mass is 331 g/mol. The largest absolute Gasteiger partial charge is 0.465 e. The van der Waals surface area contributed by atoms with Crippen LogP contribution < -0.4 is 0 Å². The number of rotatable bonds is 6. The molecule has 0 fully saturated rings. The molecule has 3 aromatic rings. The first-order chi connectivity index (χ1) is 11.2. The Morgan fingerprint density at radius 1 is 1.30 bits per heavy atom.